The number of nitrogens with one attached hydrogen (secondary N) is 5. The highest BCUT2D eigenvalue weighted by molar-refractivity contribution is 5.98. The summed E-state index contributed by atoms with van der Waals surface area (Å²) in [6.07, 6.45) is -0.00527. The summed E-state index contributed by atoms with van der Waals surface area (Å²) in [5.41, 5.74) is 6.67. The van der Waals surface area contributed by atoms with Crippen LogP contribution in [0, 0.1) is 19.7 Å². The minimum Gasteiger partial charge on any atom is -0.465 e. The van der Waals surface area contributed by atoms with Crippen LogP contribution >= 0.6 is 0 Å². The molecule has 6 aromatic carbocycles. The first-order valence-electron chi connectivity index (χ1n) is 29.0. The molecule has 0 spiro atoms. The van der Waals surface area contributed by atoms with E-state index in [1.807, 2.05) is 42.5 Å². The minimum atomic E-state index is -2.04. The molecular formula is C68H66FN7O10. The van der Waals surface area contributed by atoms with Crippen LogP contribution in [0.4, 0.5) is 19.7 Å². The molecule has 7 N–H and O–H groups in total. The number of hydrogen-bond acceptors (Lipinski definition) is 11. The van der Waals surface area contributed by atoms with Gasteiger partial charge in [-0.2, -0.15) is 0 Å². The molecule has 0 radical (unpaired) electrons. The van der Waals surface area contributed by atoms with Crippen molar-refractivity contribution in [2.75, 3.05) is 11.9 Å². The van der Waals surface area contributed by atoms with Crippen molar-refractivity contribution in [3.63, 3.8) is 0 Å². The molecule has 1 aliphatic carbocycles. The van der Waals surface area contributed by atoms with E-state index < -0.39 is 70.6 Å². The van der Waals surface area contributed by atoms with Crippen molar-refractivity contribution in [2.24, 2.45) is 0 Å². The van der Waals surface area contributed by atoms with Crippen LogP contribution < -0.4 is 32.1 Å². The van der Waals surface area contributed by atoms with Gasteiger partial charge in [-0.15, -0.1) is 0 Å². The summed E-state index contributed by atoms with van der Waals surface area (Å²) >= 11 is 0. The number of nitrogens with zero attached hydrogens (tertiary/aromatic N) is 2. The third-order valence-corrected chi connectivity index (χ3v) is 17.0. The average molecular weight is 1160 g/mol. The number of esters is 1. The Labute approximate surface area is 496 Å². The molecule has 2 aromatic heterocycles. The van der Waals surface area contributed by atoms with E-state index in [1.165, 1.54) is 10.6 Å². The molecule has 4 atom stereocenters. The van der Waals surface area contributed by atoms with Crippen molar-refractivity contribution in [2.45, 2.75) is 115 Å². The second-order valence-electron chi connectivity index (χ2n) is 22.3. The van der Waals surface area contributed by atoms with E-state index in [1.54, 1.807) is 68.4 Å². The normalized spacial score (nSPS) is 16.4. The standard InChI is InChI=1S/C68H66FN7O10/c1-4-67(84)51-35-57-60-49(37-76(57)63(79)50(51)39-85-64(67)80)59-53(32-31-48-41(3)52(69)36-55(72-60)58(48)59)75-66(83)86-38-43-25-29-47(30-26-43)71-61(77)54(73-62(78)56(74-65(81)82)34-42-16-8-5-9-17-42)22-14-15-33-70-68(44-18-10-6-11-19-44,45-20-12-7-13-21-45)46-27-23-40(2)24-28-46/h5-13,16-21,23-30,35-36,53-54,56,70,74,84H,4,14-15,22,31-34,37-39H2,1-3H3,(H,71,77)(H,73,78)(H,75,83)(H,81,82)/t53-,54?,56?,67-/m0/s1. The number of ether oxygens (including phenoxy) is 2. The number of aryl methyl sites for hydroxylation is 2. The molecule has 17 nitrogen and oxygen atoms in total. The molecule has 2 aliphatic heterocycles. The first-order chi connectivity index (χ1) is 41.6. The Hall–Kier alpha value is -9.52. The maximum absolute atomic E-state index is 15.5. The van der Waals surface area contributed by atoms with E-state index in [-0.39, 0.29) is 50.1 Å². The smallest absolute Gasteiger partial charge is 0.407 e. The summed E-state index contributed by atoms with van der Waals surface area (Å²) in [5.74, 6) is -2.48. The Kier molecular flexibility index (Phi) is 16.7. The third kappa shape index (κ3) is 11.4. The molecule has 0 bridgehead atoms. The third-order valence-electron chi connectivity index (χ3n) is 17.0. The molecule has 0 fully saturated rings. The van der Waals surface area contributed by atoms with Crippen LogP contribution in [0.5, 0.6) is 0 Å². The molecule has 440 valence electrons. The Morgan fingerprint density at radius 3 is 2.12 bits per heavy atom. The van der Waals surface area contributed by atoms with Gasteiger partial charge >= 0.3 is 18.2 Å². The number of carboxylic acid groups (broad SMARTS) is 1. The Bertz CT molecular complexity index is 3920. The van der Waals surface area contributed by atoms with Gasteiger partial charge in [-0.05, 0) is 122 Å². The highest BCUT2D eigenvalue weighted by Gasteiger charge is 2.46. The van der Waals surface area contributed by atoms with Crippen LogP contribution in [-0.4, -0.2) is 68.4 Å². The van der Waals surface area contributed by atoms with Crippen LogP contribution in [0.25, 0.3) is 22.3 Å². The Morgan fingerprint density at radius 2 is 1.45 bits per heavy atom. The van der Waals surface area contributed by atoms with Crippen molar-refractivity contribution in [1.29, 1.82) is 0 Å². The lowest BCUT2D eigenvalue weighted by molar-refractivity contribution is -0.172. The topological polar surface area (TPSA) is 239 Å². The number of pyridine rings is 2. The van der Waals surface area contributed by atoms with Gasteiger partial charge in [0.2, 0.25) is 11.8 Å². The van der Waals surface area contributed by atoms with Crippen LogP contribution in [-0.2, 0) is 67.6 Å². The summed E-state index contributed by atoms with van der Waals surface area (Å²) in [5, 5.41) is 37.0. The number of fused-ring (bicyclic) bond motifs is 5. The molecule has 4 heterocycles. The molecule has 18 heteroatoms. The minimum absolute atomic E-state index is 0.0364. The molecular weight excluding hydrogens is 1090 g/mol. The number of anilines is 1. The molecule has 0 saturated heterocycles. The van der Waals surface area contributed by atoms with Crippen LogP contribution in [0.3, 0.4) is 0 Å². The van der Waals surface area contributed by atoms with Crippen LogP contribution in [0.1, 0.15) is 112 Å². The van der Waals surface area contributed by atoms with E-state index >= 15 is 4.39 Å². The number of cyclic esters (lactones) is 1. The highest BCUT2D eigenvalue weighted by atomic mass is 19.1. The van der Waals surface area contributed by atoms with Gasteiger partial charge in [0.1, 0.15) is 31.1 Å². The van der Waals surface area contributed by atoms with Crippen molar-refractivity contribution >= 4 is 46.6 Å². The van der Waals surface area contributed by atoms with E-state index in [0.717, 1.165) is 33.4 Å². The first-order valence-corrected chi connectivity index (χ1v) is 29.0. The molecule has 2 unspecified atom stereocenters. The number of halogens is 1. The lowest BCUT2D eigenvalue weighted by Crippen LogP contribution is -2.53. The molecule has 3 aliphatic rings. The number of amides is 4. The van der Waals surface area contributed by atoms with Gasteiger partial charge in [-0.25, -0.2) is 23.8 Å². The van der Waals surface area contributed by atoms with Gasteiger partial charge in [0.15, 0.2) is 5.60 Å². The summed E-state index contributed by atoms with van der Waals surface area (Å²) in [7, 11) is 0. The Balaban J connectivity index is 0.785. The van der Waals surface area contributed by atoms with Crippen LogP contribution in [0.15, 0.2) is 156 Å². The zero-order valence-electron chi connectivity index (χ0n) is 47.9. The molecule has 86 heavy (non-hydrogen) atoms. The van der Waals surface area contributed by atoms with Gasteiger partial charge < -0.3 is 45.5 Å². The number of aromatic nitrogens is 2. The maximum Gasteiger partial charge on any atom is 0.407 e. The fourth-order valence-corrected chi connectivity index (χ4v) is 12.4. The number of rotatable bonds is 20. The molecule has 8 aromatic rings. The number of aliphatic hydroxyl groups is 1. The zero-order chi connectivity index (χ0) is 60.3. The second-order valence-corrected chi connectivity index (χ2v) is 22.3. The van der Waals surface area contributed by atoms with E-state index in [9.17, 15) is 39.0 Å². The van der Waals surface area contributed by atoms with Crippen molar-refractivity contribution in [1.82, 2.24) is 30.8 Å². The number of alkyl carbamates (subject to hydrolysis) is 1. The van der Waals surface area contributed by atoms with Gasteiger partial charge in [-0.3, -0.25) is 19.7 Å². The van der Waals surface area contributed by atoms with Crippen molar-refractivity contribution < 1.29 is 48.0 Å². The lowest BCUT2D eigenvalue weighted by Gasteiger charge is -2.37. The average Bonchev–Trinajstić information content (AvgIpc) is 1.98. The molecule has 11 rings (SSSR count). The summed E-state index contributed by atoms with van der Waals surface area (Å²) in [4.78, 5) is 86.1. The second kappa shape index (κ2) is 24.6. The van der Waals surface area contributed by atoms with E-state index in [2.05, 4.69) is 82.0 Å². The largest absolute Gasteiger partial charge is 0.465 e. The number of unbranched alkanes of at least 4 members (excludes halogenated alkanes) is 1. The predicted molar refractivity (Wildman–Crippen MR) is 321 cm³/mol. The lowest BCUT2D eigenvalue weighted by atomic mass is 9.76. The van der Waals surface area contributed by atoms with E-state index in [0.29, 0.717) is 82.5 Å². The number of benzene rings is 6. The Morgan fingerprint density at radius 1 is 0.791 bits per heavy atom. The quantitative estimate of drug-likeness (QED) is 0.0214. The molecule has 4 amide bonds. The van der Waals surface area contributed by atoms with Crippen LogP contribution in [0.2, 0.25) is 0 Å². The highest BCUT2D eigenvalue weighted by Crippen LogP contribution is 2.46. The number of carbonyl (C=O) groups excluding carboxylic acids is 4. The monoisotopic (exact) mass is 1160 g/mol. The predicted octanol–water partition coefficient (Wildman–Crippen LogP) is 9.80. The summed E-state index contributed by atoms with van der Waals surface area (Å²) < 4.78 is 28.1. The summed E-state index contributed by atoms with van der Waals surface area (Å²) in [6, 6.07) is 44.6. The van der Waals surface area contributed by atoms with Gasteiger partial charge in [-0.1, -0.05) is 140 Å². The SMILES string of the molecule is CC[C@@]1(O)C(=O)OCc2c1cc1n(c2=O)Cc2c-1nc1cc(F)c(C)c3c1c2[C@@H](NC(=O)OCc1ccc(NC(=O)C(CCCCNC(c2ccccc2)(c2ccccc2)c2ccc(C)cc2)NC(=O)C(Cc2ccccc2)NC(=O)O)cc1)CC3. The fraction of sp³-hybridized carbons (Fsp3) is 0.279. The fourth-order valence-electron chi connectivity index (χ4n) is 12.4. The first kappa shape index (κ1) is 58.3. The number of hydrogen-bond donors (Lipinski definition) is 7. The maximum atomic E-state index is 15.5. The van der Waals surface area contributed by atoms with Gasteiger partial charge in [0.05, 0.1) is 40.6 Å². The molecule has 0 saturated carbocycles. The van der Waals surface area contributed by atoms with Crippen molar-refractivity contribution in [3.8, 4) is 11.4 Å². The number of carbonyl (C=O) groups is 5. The summed E-state index contributed by atoms with van der Waals surface area (Å²) in [6.45, 7) is 5.51. The van der Waals surface area contributed by atoms with Gasteiger partial charge in [0, 0.05) is 34.7 Å². The van der Waals surface area contributed by atoms with Gasteiger partial charge in [0.25, 0.3) is 5.56 Å². The van der Waals surface area contributed by atoms with Crippen molar-refractivity contribution in [3.05, 3.63) is 235 Å². The zero-order valence-corrected chi connectivity index (χ0v) is 47.9. The van der Waals surface area contributed by atoms with E-state index in [4.69, 9.17) is 14.5 Å².